The van der Waals surface area contributed by atoms with Crippen molar-refractivity contribution in [1.82, 2.24) is 10.4 Å². The van der Waals surface area contributed by atoms with Crippen molar-refractivity contribution in [3.63, 3.8) is 0 Å². The summed E-state index contributed by atoms with van der Waals surface area (Å²) in [5.74, 6) is -2.66. The number of carbonyl (C=O) groups excluding carboxylic acids is 1. The summed E-state index contributed by atoms with van der Waals surface area (Å²) in [5, 5.41) is 14.2. The van der Waals surface area contributed by atoms with Crippen LogP contribution in [0.2, 0.25) is 0 Å². The molecule has 25 heavy (non-hydrogen) atoms. The minimum atomic E-state index is -0.950. The van der Waals surface area contributed by atoms with Crippen LogP contribution in [0.3, 0.4) is 0 Å². The number of rotatable bonds is 3. The average Bonchev–Trinajstić information content (AvgIpc) is 2.97. The van der Waals surface area contributed by atoms with Crippen molar-refractivity contribution in [2.75, 3.05) is 0 Å². The van der Waals surface area contributed by atoms with Crippen LogP contribution >= 0.6 is 15.9 Å². The lowest BCUT2D eigenvalue weighted by Gasteiger charge is -2.04. The number of fused-ring (bicyclic) bond motifs is 1. The van der Waals surface area contributed by atoms with Crippen LogP contribution in [-0.2, 0) is 0 Å². The van der Waals surface area contributed by atoms with Crippen LogP contribution in [0, 0.1) is 11.6 Å². The number of aromatic nitrogens is 1. The Hall–Kier alpha value is -2.74. The van der Waals surface area contributed by atoms with Crippen LogP contribution in [0.15, 0.2) is 46.0 Å². The highest BCUT2D eigenvalue weighted by Gasteiger charge is 2.12. The van der Waals surface area contributed by atoms with Gasteiger partial charge >= 0.3 is 0 Å². The van der Waals surface area contributed by atoms with Crippen LogP contribution in [-0.4, -0.2) is 21.7 Å². The number of phenols is 1. The molecule has 0 fully saturated rings. The predicted molar refractivity (Wildman–Crippen MR) is 93.7 cm³/mol. The van der Waals surface area contributed by atoms with Gasteiger partial charge in [-0.1, -0.05) is 15.9 Å². The molecule has 3 rings (SSSR count). The van der Waals surface area contributed by atoms with E-state index >= 15 is 0 Å². The maximum absolute atomic E-state index is 13.3. The van der Waals surface area contributed by atoms with Crippen LogP contribution in [0.25, 0.3) is 10.9 Å². The second-order valence-corrected chi connectivity index (χ2v) is 6.25. The molecule has 3 N–H and O–H groups in total. The second kappa shape index (κ2) is 6.64. The third-order valence-corrected chi connectivity index (χ3v) is 4.07. The van der Waals surface area contributed by atoms with Crippen molar-refractivity contribution < 1.29 is 18.7 Å². The molecule has 8 heteroatoms. The van der Waals surface area contributed by atoms with E-state index in [0.29, 0.717) is 26.8 Å². The first-order valence-corrected chi connectivity index (χ1v) is 7.95. The van der Waals surface area contributed by atoms with Crippen molar-refractivity contribution in [3.8, 4) is 5.75 Å². The zero-order valence-corrected chi connectivity index (χ0v) is 14.5. The summed E-state index contributed by atoms with van der Waals surface area (Å²) in [6.07, 6.45) is 0. The van der Waals surface area contributed by atoms with Gasteiger partial charge in [-0.25, -0.2) is 14.2 Å². The molecule has 0 radical (unpaired) electrons. The standard InChI is InChI=1S/C17H12BrF2N3O2/c1-8(14-5-9-4-12(19)13(20)7-15(9)21-14)22-23-17(25)11-6-10(18)2-3-16(11)24/h2-7,21,24H,1H3,(H,23,25)/b22-8+. The van der Waals surface area contributed by atoms with Gasteiger partial charge in [-0.05, 0) is 37.3 Å². The van der Waals surface area contributed by atoms with Crippen LogP contribution < -0.4 is 5.43 Å². The van der Waals surface area contributed by atoms with Crippen molar-refractivity contribution in [2.45, 2.75) is 6.92 Å². The Balaban J connectivity index is 1.84. The third-order valence-electron chi connectivity index (χ3n) is 3.58. The van der Waals surface area contributed by atoms with Gasteiger partial charge < -0.3 is 10.1 Å². The van der Waals surface area contributed by atoms with E-state index in [-0.39, 0.29) is 11.3 Å². The van der Waals surface area contributed by atoms with Gasteiger partial charge in [0.2, 0.25) is 0 Å². The number of amides is 1. The van der Waals surface area contributed by atoms with Gasteiger partial charge in [0.05, 0.1) is 17.0 Å². The summed E-state index contributed by atoms with van der Waals surface area (Å²) >= 11 is 3.22. The third kappa shape index (κ3) is 3.53. The fourth-order valence-electron chi connectivity index (χ4n) is 2.27. The molecule has 128 valence electrons. The Morgan fingerprint density at radius 3 is 2.68 bits per heavy atom. The predicted octanol–water partition coefficient (Wildman–Crippen LogP) is 4.07. The van der Waals surface area contributed by atoms with Crippen LogP contribution in [0.5, 0.6) is 5.75 Å². The maximum atomic E-state index is 13.3. The first kappa shape index (κ1) is 17.1. The SMILES string of the molecule is C/C(=N\NC(=O)c1cc(Br)ccc1O)c1cc2cc(F)c(F)cc2[nH]1. The first-order valence-electron chi connectivity index (χ1n) is 7.16. The van der Waals surface area contributed by atoms with Crippen molar-refractivity contribution in [1.29, 1.82) is 0 Å². The zero-order valence-electron chi connectivity index (χ0n) is 12.9. The molecule has 3 aromatic rings. The van der Waals surface area contributed by atoms with Gasteiger partial charge in [0.1, 0.15) is 5.75 Å². The minimum absolute atomic E-state index is 0.0618. The number of nitrogens with zero attached hydrogens (tertiary/aromatic N) is 1. The molecule has 1 amide bonds. The van der Waals surface area contributed by atoms with Gasteiger partial charge in [-0.3, -0.25) is 4.79 Å². The van der Waals surface area contributed by atoms with E-state index in [1.807, 2.05) is 0 Å². The summed E-state index contributed by atoms with van der Waals surface area (Å²) in [5.41, 5.74) is 3.71. The molecule has 0 saturated carbocycles. The Bertz CT molecular complexity index is 976. The highest BCUT2D eigenvalue weighted by Crippen LogP contribution is 2.22. The number of halogens is 3. The molecular weight excluding hydrogens is 396 g/mol. The van der Waals surface area contributed by atoms with Gasteiger partial charge in [0, 0.05) is 21.4 Å². The molecule has 0 aliphatic heterocycles. The highest BCUT2D eigenvalue weighted by molar-refractivity contribution is 9.10. The number of hydrogen-bond acceptors (Lipinski definition) is 3. The number of benzene rings is 2. The van der Waals surface area contributed by atoms with Gasteiger partial charge in [0.15, 0.2) is 11.6 Å². The normalized spacial score (nSPS) is 11.8. The number of hydrogen-bond donors (Lipinski definition) is 3. The smallest absolute Gasteiger partial charge is 0.275 e. The molecule has 0 saturated heterocycles. The number of aromatic amines is 1. The van der Waals surface area contributed by atoms with E-state index in [9.17, 15) is 18.7 Å². The monoisotopic (exact) mass is 407 g/mol. The molecule has 0 aliphatic carbocycles. The largest absolute Gasteiger partial charge is 0.507 e. The molecule has 2 aromatic carbocycles. The van der Waals surface area contributed by atoms with E-state index in [2.05, 4.69) is 31.4 Å². The maximum Gasteiger partial charge on any atom is 0.275 e. The topological polar surface area (TPSA) is 77.5 Å². The van der Waals surface area contributed by atoms with E-state index in [1.165, 1.54) is 12.1 Å². The fourth-order valence-corrected chi connectivity index (χ4v) is 2.63. The molecule has 0 aliphatic rings. The molecule has 0 spiro atoms. The zero-order chi connectivity index (χ0) is 18.1. The highest BCUT2D eigenvalue weighted by atomic mass is 79.9. The summed E-state index contributed by atoms with van der Waals surface area (Å²) < 4.78 is 27.2. The number of carbonyl (C=O) groups is 1. The molecule has 1 aromatic heterocycles. The number of aromatic hydroxyl groups is 1. The lowest BCUT2D eigenvalue weighted by atomic mass is 10.2. The minimum Gasteiger partial charge on any atom is -0.507 e. The van der Waals surface area contributed by atoms with E-state index < -0.39 is 17.5 Å². The molecule has 0 atom stereocenters. The average molecular weight is 408 g/mol. The van der Waals surface area contributed by atoms with Crippen molar-refractivity contribution in [2.24, 2.45) is 5.10 Å². The quantitative estimate of drug-likeness (QED) is 0.452. The molecule has 0 bridgehead atoms. The van der Waals surface area contributed by atoms with Crippen molar-refractivity contribution in [3.05, 3.63) is 63.8 Å². The summed E-state index contributed by atoms with van der Waals surface area (Å²) in [6.45, 7) is 1.62. The van der Waals surface area contributed by atoms with Crippen LogP contribution in [0.4, 0.5) is 8.78 Å². The number of hydrazone groups is 1. The Labute approximate surface area is 149 Å². The van der Waals surface area contributed by atoms with E-state index in [4.69, 9.17) is 0 Å². The summed E-state index contributed by atoms with van der Waals surface area (Å²) in [7, 11) is 0. The molecule has 5 nitrogen and oxygen atoms in total. The lowest BCUT2D eigenvalue weighted by molar-refractivity contribution is 0.0952. The summed E-state index contributed by atoms with van der Waals surface area (Å²) in [4.78, 5) is 15.0. The lowest BCUT2D eigenvalue weighted by Crippen LogP contribution is -2.19. The van der Waals surface area contributed by atoms with Crippen LogP contribution in [0.1, 0.15) is 23.0 Å². The number of H-pyrrole nitrogens is 1. The second-order valence-electron chi connectivity index (χ2n) is 5.34. The number of phenolic OH excluding ortho intramolecular Hbond substituents is 1. The number of nitrogens with one attached hydrogen (secondary N) is 2. The van der Waals surface area contributed by atoms with E-state index in [0.717, 1.165) is 12.1 Å². The summed E-state index contributed by atoms with van der Waals surface area (Å²) in [6, 6.07) is 8.18. The first-order chi connectivity index (χ1) is 11.8. The Morgan fingerprint density at radius 1 is 1.20 bits per heavy atom. The van der Waals surface area contributed by atoms with Gasteiger partial charge in [-0.15, -0.1) is 0 Å². The molecule has 0 unspecified atom stereocenters. The Morgan fingerprint density at radius 2 is 1.92 bits per heavy atom. The fraction of sp³-hybridized carbons (Fsp3) is 0.0588. The van der Waals surface area contributed by atoms with E-state index in [1.54, 1.807) is 19.1 Å². The van der Waals surface area contributed by atoms with Gasteiger partial charge in [-0.2, -0.15) is 5.10 Å². The molecular formula is C17H12BrF2N3O2. The Kier molecular flexibility index (Phi) is 4.54. The van der Waals surface area contributed by atoms with Gasteiger partial charge in [0.25, 0.3) is 5.91 Å². The van der Waals surface area contributed by atoms with Crippen molar-refractivity contribution >= 4 is 38.5 Å². The molecule has 1 heterocycles.